The number of H-pyrrole nitrogens is 1. The Bertz CT molecular complexity index is 695. The van der Waals surface area contributed by atoms with E-state index in [9.17, 15) is 4.79 Å². The first-order valence-corrected chi connectivity index (χ1v) is 8.06. The molecule has 1 saturated heterocycles. The van der Waals surface area contributed by atoms with Crippen molar-refractivity contribution in [1.29, 1.82) is 0 Å². The number of benzene rings is 1. The van der Waals surface area contributed by atoms with Crippen LogP contribution in [0, 0.1) is 6.92 Å². The lowest BCUT2D eigenvalue weighted by molar-refractivity contribution is -0.0266. The van der Waals surface area contributed by atoms with Crippen LogP contribution in [0.5, 0.6) is 0 Å². The van der Waals surface area contributed by atoms with Crippen molar-refractivity contribution in [2.75, 3.05) is 33.8 Å². The molecule has 128 valence electrons. The normalized spacial score (nSPS) is 18.2. The van der Waals surface area contributed by atoms with E-state index in [1.807, 2.05) is 45.3 Å². The van der Waals surface area contributed by atoms with Crippen LogP contribution >= 0.6 is 0 Å². The molecule has 24 heavy (non-hydrogen) atoms. The minimum atomic E-state index is -0.277. The summed E-state index contributed by atoms with van der Waals surface area (Å²) in [7, 11) is 4.05. The summed E-state index contributed by atoms with van der Waals surface area (Å²) in [6, 6.07) is 7.79. The van der Waals surface area contributed by atoms with Crippen LogP contribution in [0.2, 0.25) is 0 Å². The molecule has 1 unspecified atom stereocenters. The van der Waals surface area contributed by atoms with Crippen molar-refractivity contribution in [2.24, 2.45) is 0 Å². The molecular weight excluding hydrogens is 306 g/mol. The Hall–Kier alpha value is -2.25. The second-order valence-electron chi connectivity index (χ2n) is 6.32. The smallest absolute Gasteiger partial charge is 0.254 e. The van der Waals surface area contributed by atoms with Crippen LogP contribution in [-0.4, -0.2) is 64.7 Å². The van der Waals surface area contributed by atoms with Crippen LogP contribution in [-0.2, 0) is 11.3 Å². The van der Waals surface area contributed by atoms with E-state index in [-0.39, 0.29) is 12.0 Å². The van der Waals surface area contributed by atoms with E-state index in [4.69, 9.17) is 4.74 Å². The fourth-order valence-electron chi connectivity index (χ4n) is 2.79. The van der Waals surface area contributed by atoms with Gasteiger partial charge in [-0.3, -0.25) is 9.89 Å². The SMILES string of the molecule is Cc1nc(C2CN(C(=O)c3ccc(CN(C)C)cc3)CCO2)n[nH]1. The first-order chi connectivity index (χ1) is 11.5. The number of aromatic nitrogens is 3. The van der Waals surface area contributed by atoms with Crippen molar-refractivity contribution in [1.82, 2.24) is 25.0 Å². The molecule has 1 fully saturated rings. The van der Waals surface area contributed by atoms with Crippen molar-refractivity contribution < 1.29 is 9.53 Å². The van der Waals surface area contributed by atoms with Gasteiger partial charge >= 0.3 is 0 Å². The molecule has 0 spiro atoms. The number of hydrogen-bond donors (Lipinski definition) is 1. The number of aryl methyl sites for hydroxylation is 1. The van der Waals surface area contributed by atoms with Gasteiger partial charge in [0.1, 0.15) is 11.9 Å². The van der Waals surface area contributed by atoms with Gasteiger partial charge in [0, 0.05) is 18.7 Å². The van der Waals surface area contributed by atoms with Gasteiger partial charge in [0.15, 0.2) is 5.82 Å². The van der Waals surface area contributed by atoms with Crippen molar-refractivity contribution in [3.63, 3.8) is 0 Å². The second-order valence-corrected chi connectivity index (χ2v) is 6.32. The van der Waals surface area contributed by atoms with Crippen LogP contribution in [0.4, 0.5) is 0 Å². The average molecular weight is 329 g/mol. The molecule has 0 saturated carbocycles. The summed E-state index contributed by atoms with van der Waals surface area (Å²) in [5.74, 6) is 1.37. The van der Waals surface area contributed by atoms with Gasteiger partial charge in [0.2, 0.25) is 0 Å². The number of ether oxygens (including phenoxy) is 1. The number of carbonyl (C=O) groups is 1. The molecule has 7 nitrogen and oxygen atoms in total. The highest BCUT2D eigenvalue weighted by Crippen LogP contribution is 2.20. The van der Waals surface area contributed by atoms with Gasteiger partial charge in [0.05, 0.1) is 13.2 Å². The zero-order valence-electron chi connectivity index (χ0n) is 14.3. The molecule has 1 aromatic carbocycles. The third-order valence-corrected chi connectivity index (χ3v) is 3.96. The number of carbonyl (C=O) groups excluding carboxylic acids is 1. The van der Waals surface area contributed by atoms with E-state index < -0.39 is 0 Å². The molecule has 0 radical (unpaired) electrons. The number of nitrogens with one attached hydrogen (secondary N) is 1. The van der Waals surface area contributed by atoms with Crippen LogP contribution in [0.1, 0.15) is 33.7 Å². The van der Waals surface area contributed by atoms with Crippen LogP contribution in [0.3, 0.4) is 0 Å². The van der Waals surface area contributed by atoms with Crippen LogP contribution in [0.25, 0.3) is 0 Å². The Labute approximate surface area is 141 Å². The van der Waals surface area contributed by atoms with Gasteiger partial charge < -0.3 is 14.5 Å². The molecule has 1 aliphatic heterocycles. The van der Waals surface area contributed by atoms with E-state index in [0.29, 0.717) is 31.1 Å². The molecule has 1 N–H and O–H groups in total. The Kier molecular flexibility index (Phi) is 4.92. The lowest BCUT2D eigenvalue weighted by Crippen LogP contribution is -2.42. The fourth-order valence-corrected chi connectivity index (χ4v) is 2.79. The third-order valence-electron chi connectivity index (χ3n) is 3.96. The van der Waals surface area contributed by atoms with E-state index in [1.165, 1.54) is 5.56 Å². The number of amides is 1. The second kappa shape index (κ2) is 7.11. The summed E-state index contributed by atoms with van der Waals surface area (Å²) in [5, 5.41) is 6.96. The maximum Gasteiger partial charge on any atom is 0.254 e. The standard InChI is InChI=1S/C17H23N5O2/c1-12-18-16(20-19-12)15-11-22(8-9-24-15)17(23)14-6-4-13(5-7-14)10-21(2)3/h4-7,15H,8-11H2,1-3H3,(H,18,19,20). The zero-order valence-corrected chi connectivity index (χ0v) is 14.3. The molecule has 2 heterocycles. The van der Waals surface area contributed by atoms with Gasteiger partial charge in [-0.2, -0.15) is 5.10 Å². The van der Waals surface area contributed by atoms with Gasteiger partial charge in [0.25, 0.3) is 5.91 Å². The van der Waals surface area contributed by atoms with Crippen molar-refractivity contribution in [2.45, 2.75) is 19.6 Å². The van der Waals surface area contributed by atoms with Crippen LogP contribution < -0.4 is 0 Å². The summed E-state index contributed by atoms with van der Waals surface area (Å²) in [4.78, 5) is 20.9. The lowest BCUT2D eigenvalue weighted by Gasteiger charge is -2.31. The lowest BCUT2D eigenvalue weighted by atomic mass is 10.1. The van der Waals surface area contributed by atoms with Gasteiger partial charge in [-0.1, -0.05) is 12.1 Å². The minimum Gasteiger partial charge on any atom is -0.366 e. The first kappa shape index (κ1) is 16.6. The molecule has 1 aliphatic rings. The predicted molar refractivity (Wildman–Crippen MR) is 89.5 cm³/mol. The van der Waals surface area contributed by atoms with Gasteiger partial charge in [-0.25, -0.2) is 4.98 Å². The number of morpholine rings is 1. The Morgan fingerprint density at radius 1 is 1.38 bits per heavy atom. The quantitative estimate of drug-likeness (QED) is 0.917. The third kappa shape index (κ3) is 3.80. The number of nitrogens with zero attached hydrogens (tertiary/aromatic N) is 4. The number of rotatable bonds is 4. The molecular formula is C17H23N5O2. The largest absolute Gasteiger partial charge is 0.366 e. The average Bonchev–Trinajstić information content (AvgIpc) is 3.01. The highest BCUT2D eigenvalue weighted by atomic mass is 16.5. The molecule has 1 aromatic heterocycles. The summed E-state index contributed by atoms with van der Waals surface area (Å²) in [6.45, 7) is 4.24. The molecule has 1 amide bonds. The molecule has 2 aromatic rings. The summed E-state index contributed by atoms with van der Waals surface area (Å²) in [5.41, 5.74) is 1.89. The van der Waals surface area contributed by atoms with Crippen molar-refractivity contribution >= 4 is 5.91 Å². The Morgan fingerprint density at radius 2 is 2.12 bits per heavy atom. The predicted octanol–water partition coefficient (Wildman–Crippen LogP) is 1.39. The van der Waals surface area contributed by atoms with Crippen molar-refractivity contribution in [3.05, 3.63) is 47.0 Å². The maximum absolute atomic E-state index is 12.7. The van der Waals surface area contributed by atoms with E-state index in [0.717, 1.165) is 12.4 Å². The Balaban J connectivity index is 1.67. The molecule has 1 atom stereocenters. The molecule has 7 heteroatoms. The summed E-state index contributed by atoms with van der Waals surface area (Å²) >= 11 is 0. The monoisotopic (exact) mass is 329 g/mol. The van der Waals surface area contributed by atoms with Crippen LogP contribution in [0.15, 0.2) is 24.3 Å². The van der Waals surface area contributed by atoms with Gasteiger partial charge in [-0.15, -0.1) is 0 Å². The highest BCUT2D eigenvalue weighted by molar-refractivity contribution is 5.94. The summed E-state index contributed by atoms with van der Waals surface area (Å²) in [6.07, 6.45) is -0.277. The number of aromatic amines is 1. The number of hydrogen-bond acceptors (Lipinski definition) is 5. The van der Waals surface area contributed by atoms with Crippen molar-refractivity contribution in [3.8, 4) is 0 Å². The first-order valence-electron chi connectivity index (χ1n) is 8.06. The molecule has 0 aliphatic carbocycles. The maximum atomic E-state index is 12.7. The zero-order chi connectivity index (χ0) is 17.1. The Morgan fingerprint density at radius 3 is 2.75 bits per heavy atom. The van der Waals surface area contributed by atoms with E-state index in [1.54, 1.807) is 4.90 Å². The molecule has 3 rings (SSSR count). The highest BCUT2D eigenvalue weighted by Gasteiger charge is 2.28. The fraction of sp³-hybridized carbons (Fsp3) is 0.471. The minimum absolute atomic E-state index is 0.0203. The molecule has 0 bridgehead atoms. The summed E-state index contributed by atoms with van der Waals surface area (Å²) < 4.78 is 5.71. The van der Waals surface area contributed by atoms with Gasteiger partial charge in [-0.05, 0) is 38.7 Å². The topological polar surface area (TPSA) is 74.3 Å². The van der Waals surface area contributed by atoms with E-state index >= 15 is 0 Å². The van der Waals surface area contributed by atoms with E-state index in [2.05, 4.69) is 20.1 Å².